The Bertz CT molecular complexity index is 2530. The van der Waals surface area contributed by atoms with Crippen LogP contribution in [-0.2, 0) is 22.5 Å². The lowest BCUT2D eigenvalue weighted by molar-refractivity contribution is -0.252. The van der Waals surface area contributed by atoms with Crippen molar-refractivity contribution in [3.8, 4) is 57.6 Å². The number of hydrogen-bond acceptors (Lipinski definition) is 11. The van der Waals surface area contributed by atoms with Gasteiger partial charge < -0.3 is 19.9 Å². The summed E-state index contributed by atoms with van der Waals surface area (Å²) in [5.74, 6) is 0.357. The second-order valence-corrected chi connectivity index (χ2v) is 15.0. The van der Waals surface area contributed by atoms with Crippen LogP contribution in [0.5, 0.6) is 12.0 Å². The van der Waals surface area contributed by atoms with Crippen molar-refractivity contribution < 1.29 is 32.2 Å². The molecule has 0 radical (unpaired) electrons. The molecule has 0 saturated carbocycles. The van der Waals surface area contributed by atoms with E-state index < -0.39 is 17.6 Å². The molecule has 1 atom stereocenters. The van der Waals surface area contributed by atoms with E-state index in [1.54, 1.807) is 36.4 Å². The molecule has 0 spiro atoms. The van der Waals surface area contributed by atoms with E-state index in [1.165, 1.54) is 14.2 Å². The zero-order chi connectivity index (χ0) is 43.9. The van der Waals surface area contributed by atoms with Gasteiger partial charge in [0.2, 0.25) is 5.60 Å². The van der Waals surface area contributed by atoms with Crippen molar-refractivity contribution in [3.05, 3.63) is 115 Å². The number of ether oxygens (including phenoxy) is 3. The SMILES string of the molecule is COc1nc(-c2ccc(Cl)c(C)c2)nc(-c2cc(CCC(=O)[C@@](C)(OC)C(F)(F)F)ccc2Cl)n1.COc1nc(-c2ccc(Cl)c(C)c2)nc(-c2cc(CN)ccc2Cl)n1.Cl. The molecule has 11 nitrogen and oxygen atoms in total. The number of benzene rings is 4. The fourth-order valence-corrected chi connectivity index (χ4v) is 6.26. The molecule has 61 heavy (non-hydrogen) atoms. The first-order valence-corrected chi connectivity index (χ1v) is 19.5. The molecule has 0 aliphatic heterocycles. The third-order valence-corrected chi connectivity index (χ3v) is 10.8. The lowest BCUT2D eigenvalue weighted by Gasteiger charge is -2.28. The van der Waals surface area contributed by atoms with E-state index in [2.05, 4.69) is 34.6 Å². The quantitative estimate of drug-likeness (QED) is 0.125. The first-order chi connectivity index (χ1) is 28.4. The van der Waals surface area contributed by atoms with Gasteiger partial charge in [-0.3, -0.25) is 4.79 Å². The largest absolute Gasteiger partial charge is 0.467 e. The maximum Gasteiger partial charge on any atom is 0.424 e. The number of rotatable bonds is 12. The minimum atomic E-state index is -4.83. The minimum absolute atomic E-state index is 0. The highest BCUT2D eigenvalue weighted by atomic mass is 35.5. The zero-order valence-corrected chi connectivity index (χ0v) is 37.3. The van der Waals surface area contributed by atoms with Crippen LogP contribution >= 0.6 is 58.8 Å². The molecule has 0 saturated heterocycles. The Labute approximate surface area is 376 Å². The molecule has 2 aromatic heterocycles. The second-order valence-electron chi connectivity index (χ2n) is 13.4. The summed E-state index contributed by atoms with van der Waals surface area (Å²) in [5.41, 5.74) is 8.69. The highest BCUT2D eigenvalue weighted by Crippen LogP contribution is 2.36. The average molecular weight is 940 g/mol. The van der Waals surface area contributed by atoms with Gasteiger partial charge in [-0.05, 0) is 110 Å². The molecule has 19 heteroatoms. The number of ketones is 1. The van der Waals surface area contributed by atoms with Gasteiger partial charge in [-0.15, -0.1) is 12.4 Å². The molecule has 0 bridgehead atoms. The Balaban J connectivity index is 0.000000278. The smallest absolute Gasteiger partial charge is 0.424 e. The van der Waals surface area contributed by atoms with Gasteiger partial charge in [0.25, 0.3) is 0 Å². The summed E-state index contributed by atoms with van der Waals surface area (Å²) in [6.07, 6.45) is -5.19. The van der Waals surface area contributed by atoms with Gasteiger partial charge in [0.15, 0.2) is 29.1 Å². The summed E-state index contributed by atoms with van der Waals surface area (Å²) in [7, 11) is 3.78. The van der Waals surface area contributed by atoms with Crippen LogP contribution in [0.3, 0.4) is 0 Å². The Morgan fingerprint density at radius 1 is 0.623 bits per heavy atom. The Morgan fingerprint density at radius 2 is 1.03 bits per heavy atom. The summed E-state index contributed by atoms with van der Waals surface area (Å²) in [4.78, 5) is 38.6. The van der Waals surface area contributed by atoms with Crippen LogP contribution in [0.15, 0.2) is 72.8 Å². The second kappa shape index (κ2) is 20.9. The molecule has 322 valence electrons. The lowest BCUT2D eigenvalue weighted by atomic mass is 9.94. The fourth-order valence-electron chi connectivity index (χ4n) is 5.62. The van der Waals surface area contributed by atoms with E-state index in [4.69, 9.17) is 61.6 Å². The van der Waals surface area contributed by atoms with Gasteiger partial charge in [-0.25, -0.2) is 9.97 Å². The van der Waals surface area contributed by atoms with E-state index in [-0.39, 0.29) is 43.1 Å². The van der Waals surface area contributed by atoms with Crippen molar-refractivity contribution in [1.29, 1.82) is 0 Å². The lowest BCUT2D eigenvalue weighted by Crippen LogP contribution is -2.51. The molecule has 6 aromatic rings. The molecule has 0 amide bonds. The number of aryl methyl sites for hydroxylation is 3. The van der Waals surface area contributed by atoms with Crippen molar-refractivity contribution in [2.45, 2.75) is 51.9 Å². The number of halogens is 8. The van der Waals surface area contributed by atoms with E-state index in [1.807, 2.05) is 50.2 Å². The number of hydrogen-bond donors (Lipinski definition) is 1. The summed E-state index contributed by atoms with van der Waals surface area (Å²) in [5, 5.41) is 2.12. The van der Waals surface area contributed by atoms with Gasteiger partial charge in [-0.1, -0.05) is 58.5 Å². The maximum atomic E-state index is 13.3. The fraction of sp³-hybridized carbons (Fsp3) is 0.262. The predicted octanol–water partition coefficient (Wildman–Crippen LogP) is 11.0. The van der Waals surface area contributed by atoms with Crippen LogP contribution in [0.25, 0.3) is 45.6 Å². The predicted molar refractivity (Wildman–Crippen MR) is 234 cm³/mol. The van der Waals surface area contributed by atoms with E-state index in [9.17, 15) is 18.0 Å². The van der Waals surface area contributed by atoms with Crippen LogP contribution in [0.2, 0.25) is 20.1 Å². The number of carbonyl (C=O) groups excluding carboxylic acids is 1. The molecule has 2 heterocycles. The van der Waals surface area contributed by atoms with Crippen LogP contribution in [-0.4, -0.2) is 68.8 Å². The molecule has 6 rings (SSSR count). The first kappa shape index (κ1) is 49.0. The first-order valence-electron chi connectivity index (χ1n) is 18.0. The topological polar surface area (TPSA) is 148 Å². The maximum absolute atomic E-state index is 13.3. The van der Waals surface area contributed by atoms with Crippen LogP contribution in [0.1, 0.15) is 35.6 Å². The van der Waals surface area contributed by atoms with E-state index in [0.29, 0.717) is 66.4 Å². The van der Waals surface area contributed by atoms with E-state index in [0.717, 1.165) is 36.3 Å². The van der Waals surface area contributed by atoms with Crippen LogP contribution in [0, 0.1) is 13.8 Å². The summed E-state index contributed by atoms with van der Waals surface area (Å²) >= 11 is 24.9. The van der Waals surface area contributed by atoms with Crippen molar-refractivity contribution in [3.63, 3.8) is 0 Å². The molecule has 4 aromatic carbocycles. The Kier molecular flexibility index (Phi) is 16.8. The molecular weight excluding hydrogens is 901 g/mol. The number of methoxy groups -OCH3 is 3. The highest BCUT2D eigenvalue weighted by Gasteiger charge is 2.56. The number of nitrogens with zero attached hydrogens (tertiary/aromatic N) is 6. The Hall–Kier alpha value is -4.67. The third-order valence-electron chi connectivity index (χ3n) is 9.33. The highest BCUT2D eigenvalue weighted by molar-refractivity contribution is 6.33. The van der Waals surface area contributed by atoms with E-state index >= 15 is 0 Å². The van der Waals surface area contributed by atoms with Gasteiger partial charge in [-0.2, -0.15) is 33.1 Å². The summed E-state index contributed by atoms with van der Waals surface area (Å²) < 4.78 is 54.9. The van der Waals surface area contributed by atoms with Gasteiger partial charge in [0.1, 0.15) is 0 Å². The molecule has 0 unspecified atom stereocenters. The zero-order valence-electron chi connectivity index (χ0n) is 33.5. The number of carbonyl (C=O) groups is 1. The van der Waals surface area contributed by atoms with Gasteiger partial charge in [0, 0.05) is 52.4 Å². The molecular formula is C42H39Cl5F3N7O4. The monoisotopic (exact) mass is 937 g/mol. The number of nitrogens with two attached hydrogens (primary N) is 1. The van der Waals surface area contributed by atoms with Crippen molar-refractivity contribution in [2.75, 3.05) is 21.3 Å². The average Bonchev–Trinajstić information content (AvgIpc) is 3.24. The standard InChI is InChI=1S/C24H22Cl2F3N3O3.C18H16Cl2N4O.ClH/c1-13-11-15(7-9-17(13)25)20-30-21(32-22(31-20)34-3)16-12-14(5-8-18(16)26)6-10-19(33)23(2,35-4)24(27,28)29;1-10-7-12(4-6-14(10)19)16-22-17(24-18(23-16)25-2)13-8-11(9-21)3-5-15(13)20;/h5,7-9,11-12H,6,10H2,1-4H3;3-8H,9,21H2,1-2H3;1H/t23-;;/m1../s1. The molecule has 0 aliphatic rings. The van der Waals surface area contributed by atoms with Crippen molar-refractivity contribution >= 4 is 64.6 Å². The normalized spacial score (nSPS) is 12.1. The number of Topliss-reactive ketones (excluding diaryl/α,β-unsaturated/α-hetero) is 1. The number of aromatic nitrogens is 6. The minimum Gasteiger partial charge on any atom is -0.467 e. The summed E-state index contributed by atoms with van der Waals surface area (Å²) in [6.45, 7) is 4.89. The molecule has 0 fully saturated rings. The van der Waals surface area contributed by atoms with Crippen LogP contribution < -0.4 is 15.2 Å². The van der Waals surface area contributed by atoms with Crippen molar-refractivity contribution in [2.24, 2.45) is 5.73 Å². The molecule has 0 aliphatic carbocycles. The summed E-state index contributed by atoms with van der Waals surface area (Å²) in [6, 6.07) is 21.5. The molecule has 2 N–H and O–H groups in total. The van der Waals surface area contributed by atoms with Gasteiger partial charge in [0.05, 0.1) is 24.3 Å². The van der Waals surface area contributed by atoms with Crippen molar-refractivity contribution in [1.82, 2.24) is 29.9 Å². The van der Waals surface area contributed by atoms with Crippen LogP contribution in [0.4, 0.5) is 13.2 Å². The Morgan fingerprint density at radius 3 is 1.43 bits per heavy atom. The number of alkyl halides is 3. The third kappa shape index (κ3) is 11.6. The van der Waals surface area contributed by atoms with Gasteiger partial charge >= 0.3 is 18.2 Å².